The van der Waals surface area contributed by atoms with Crippen molar-refractivity contribution in [1.82, 2.24) is 0 Å². The summed E-state index contributed by atoms with van der Waals surface area (Å²) in [5.74, 6) is -0.230. The Hall–Kier alpha value is -0.790. The second-order valence-corrected chi connectivity index (χ2v) is 3.16. The number of ether oxygens (including phenoxy) is 1. The molecular formula is C10H18O2. The van der Waals surface area contributed by atoms with Crippen molar-refractivity contribution < 1.29 is 9.53 Å². The van der Waals surface area contributed by atoms with Gasteiger partial charge in [-0.1, -0.05) is 11.1 Å². The van der Waals surface area contributed by atoms with Crippen LogP contribution in [-0.4, -0.2) is 12.6 Å². The predicted octanol–water partition coefficient (Wildman–Crippen LogP) is 2.54. The Bertz CT molecular complexity index is 188. The lowest BCUT2D eigenvalue weighted by atomic mass is 9.99. The second kappa shape index (κ2) is 4.96. The van der Waals surface area contributed by atoms with Crippen molar-refractivity contribution in [1.29, 1.82) is 0 Å². The molecule has 0 radical (unpaired) electrons. The van der Waals surface area contributed by atoms with Crippen molar-refractivity contribution in [3.05, 3.63) is 11.1 Å². The van der Waals surface area contributed by atoms with Crippen molar-refractivity contribution in [2.75, 3.05) is 6.61 Å². The van der Waals surface area contributed by atoms with E-state index in [-0.39, 0.29) is 11.9 Å². The lowest BCUT2D eigenvalue weighted by Crippen LogP contribution is -2.16. The fraction of sp³-hybridized carbons (Fsp3) is 0.700. The molecule has 0 fully saturated rings. The summed E-state index contributed by atoms with van der Waals surface area (Å²) in [7, 11) is 0. The second-order valence-electron chi connectivity index (χ2n) is 3.16. The lowest BCUT2D eigenvalue weighted by Gasteiger charge is -2.12. The molecule has 12 heavy (non-hydrogen) atoms. The van der Waals surface area contributed by atoms with Crippen molar-refractivity contribution in [3.8, 4) is 0 Å². The fourth-order valence-electron chi connectivity index (χ4n) is 0.877. The van der Waals surface area contributed by atoms with E-state index in [1.54, 1.807) is 0 Å². The Morgan fingerprint density at radius 3 is 2.17 bits per heavy atom. The Morgan fingerprint density at radius 1 is 1.33 bits per heavy atom. The van der Waals surface area contributed by atoms with Gasteiger partial charge in [0.2, 0.25) is 0 Å². The molecule has 0 heterocycles. The number of carbonyl (C=O) groups is 1. The molecule has 0 saturated carbocycles. The maximum absolute atomic E-state index is 11.2. The third-order valence-corrected chi connectivity index (χ3v) is 2.08. The topological polar surface area (TPSA) is 26.3 Å². The summed E-state index contributed by atoms with van der Waals surface area (Å²) in [5.41, 5.74) is 2.30. The van der Waals surface area contributed by atoms with Crippen LogP contribution in [0, 0.1) is 5.92 Å². The van der Waals surface area contributed by atoms with E-state index in [1.807, 2.05) is 34.6 Å². The zero-order valence-electron chi connectivity index (χ0n) is 8.60. The Morgan fingerprint density at radius 2 is 1.83 bits per heavy atom. The maximum Gasteiger partial charge on any atom is 0.312 e. The van der Waals surface area contributed by atoms with Crippen molar-refractivity contribution in [2.45, 2.75) is 34.6 Å². The van der Waals surface area contributed by atoms with Crippen LogP contribution >= 0.6 is 0 Å². The largest absolute Gasteiger partial charge is 0.466 e. The van der Waals surface area contributed by atoms with Gasteiger partial charge in [-0.05, 0) is 34.6 Å². The molecule has 0 spiro atoms. The summed E-state index contributed by atoms with van der Waals surface area (Å²) >= 11 is 0. The highest BCUT2D eigenvalue weighted by Gasteiger charge is 2.15. The summed E-state index contributed by atoms with van der Waals surface area (Å²) in [5, 5.41) is 0. The molecule has 0 aromatic rings. The first-order valence-corrected chi connectivity index (χ1v) is 4.31. The zero-order chi connectivity index (χ0) is 9.72. The van der Waals surface area contributed by atoms with E-state index in [4.69, 9.17) is 4.74 Å². The molecule has 0 aliphatic rings. The van der Waals surface area contributed by atoms with Crippen LogP contribution in [0.4, 0.5) is 0 Å². The van der Waals surface area contributed by atoms with Gasteiger partial charge in [-0.25, -0.2) is 0 Å². The number of rotatable bonds is 3. The van der Waals surface area contributed by atoms with Crippen LogP contribution in [0.3, 0.4) is 0 Å². The third-order valence-electron chi connectivity index (χ3n) is 2.08. The van der Waals surface area contributed by atoms with Gasteiger partial charge in [0.25, 0.3) is 0 Å². The Balaban J connectivity index is 4.30. The first kappa shape index (κ1) is 11.2. The molecule has 2 nitrogen and oxygen atoms in total. The number of esters is 1. The molecule has 0 amide bonds. The molecule has 0 aromatic heterocycles. The molecule has 1 atom stereocenters. The van der Waals surface area contributed by atoms with Gasteiger partial charge in [-0.15, -0.1) is 0 Å². The molecule has 70 valence electrons. The highest BCUT2D eigenvalue weighted by Crippen LogP contribution is 2.15. The van der Waals surface area contributed by atoms with Crippen LogP contribution in [0.5, 0.6) is 0 Å². The first-order valence-electron chi connectivity index (χ1n) is 4.31. The lowest BCUT2D eigenvalue weighted by molar-refractivity contribution is -0.146. The normalized spacial score (nSPS) is 12.1. The van der Waals surface area contributed by atoms with E-state index in [0.717, 1.165) is 5.57 Å². The van der Waals surface area contributed by atoms with E-state index < -0.39 is 0 Å². The molecule has 0 aliphatic carbocycles. The van der Waals surface area contributed by atoms with E-state index >= 15 is 0 Å². The predicted molar refractivity (Wildman–Crippen MR) is 49.8 cm³/mol. The molecule has 0 aromatic carbocycles. The van der Waals surface area contributed by atoms with E-state index in [9.17, 15) is 4.79 Å². The highest BCUT2D eigenvalue weighted by molar-refractivity contribution is 5.75. The van der Waals surface area contributed by atoms with Gasteiger partial charge >= 0.3 is 5.97 Å². The SMILES string of the molecule is CCOC(=O)C(C)C(C)=C(C)C. The zero-order valence-corrected chi connectivity index (χ0v) is 8.60. The van der Waals surface area contributed by atoms with Crippen molar-refractivity contribution >= 4 is 5.97 Å². The molecular weight excluding hydrogens is 152 g/mol. The van der Waals surface area contributed by atoms with E-state index in [1.165, 1.54) is 5.57 Å². The minimum absolute atomic E-state index is 0.102. The van der Waals surface area contributed by atoms with Crippen LogP contribution in [0.15, 0.2) is 11.1 Å². The monoisotopic (exact) mass is 170 g/mol. The van der Waals surface area contributed by atoms with Gasteiger partial charge in [0.1, 0.15) is 0 Å². The van der Waals surface area contributed by atoms with Gasteiger partial charge in [-0.2, -0.15) is 0 Å². The van der Waals surface area contributed by atoms with Crippen molar-refractivity contribution in [3.63, 3.8) is 0 Å². The summed E-state index contributed by atoms with van der Waals surface area (Å²) in [6, 6.07) is 0. The van der Waals surface area contributed by atoms with Crippen LogP contribution in [0.1, 0.15) is 34.6 Å². The van der Waals surface area contributed by atoms with E-state index in [0.29, 0.717) is 6.61 Å². The highest BCUT2D eigenvalue weighted by atomic mass is 16.5. The average Bonchev–Trinajstić information content (AvgIpc) is 2.02. The van der Waals surface area contributed by atoms with Crippen LogP contribution in [0.25, 0.3) is 0 Å². The van der Waals surface area contributed by atoms with Crippen LogP contribution < -0.4 is 0 Å². The first-order chi connectivity index (χ1) is 5.50. The van der Waals surface area contributed by atoms with Gasteiger partial charge < -0.3 is 4.74 Å². The average molecular weight is 170 g/mol. The number of hydrogen-bond donors (Lipinski definition) is 0. The Kier molecular flexibility index (Phi) is 4.64. The van der Waals surface area contributed by atoms with Crippen molar-refractivity contribution in [2.24, 2.45) is 5.92 Å². The molecule has 0 rings (SSSR count). The Labute approximate surface area is 74.6 Å². The molecule has 0 aliphatic heterocycles. The number of allylic oxidation sites excluding steroid dienone is 1. The molecule has 1 unspecified atom stereocenters. The summed E-state index contributed by atoms with van der Waals surface area (Å²) in [6.45, 7) is 10.1. The summed E-state index contributed by atoms with van der Waals surface area (Å²) < 4.78 is 4.90. The number of carbonyl (C=O) groups excluding carboxylic acids is 1. The molecule has 2 heteroatoms. The standard InChI is InChI=1S/C10H18O2/c1-6-12-10(11)9(5)8(4)7(2)3/h9H,6H2,1-5H3. The van der Waals surface area contributed by atoms with Crippen LogP contribution in [-0.2, 0) is 9.53 Å². The minimum atomic E-state index is -0.129. The summed E-state index contributed by atoms with van der Waals surface area (Å²) in [4.78, 5) is 11.2. The number of hydrogen-bond acceptors (Lipinski definition) is 2. The smallest absolute Gasteiger partial charge is 0.312 e. The molecule has 0 N–H and O–H groups in total. The van der Waals surface area contributed by atoms with Gasteiger partial charge in [0, 0.05) is 0 Å². The minimum Gasteiger partial charge on any atom is -0.466 e. The maximum atomic E-state index is 11.2. The van der Waals surface area contributed by atoms with Gasteiger partial charge in [-0.3, -0.25) is 4.79 Å². The quantitative estimate of drug-likeness (QED) is 0.480. The fourth-order valence-corrected chi connectivity index (χ4v) is 0.877. The third kappa shape index (κ3) is 3.07. The van der Waals surface area contributed by atoms with Crippen LogP contribution in [0.2, 0.25) is 0 Å². The summed E-state index contributed by atoms with van der Waals surface area (Å²) in [6.07, 6.45) is 0. The molecule has 0 bridgehead atoms. The van der Waals surface area contributed by atoms with E-state index in [2.05, 4.69) is 0 Å². The van der Waals surface area contributed by atoms with Gasteiger partial charge in [0.05, 0.1) is 12.5 Å². The molecule has 0 saturated heterocycles. The van der Waals surface area contributed by atoms with Gasteiger partial charge in [0.15, 0.2) is 0 Å².